The molecule has 388 valence electrons. The summed E-state index contributed by atoms with van der Waals surface area (Å²) in [7, 11) is 1.76. The minimum atomic E-state index is -4.80. The van der Waals surface area contributed by atoms with Crippen molar-refractivity contribution in [1.29, 1.82) is 5.26 Å². The Morgan fingerprint density at radius 3 is 2.27 bits per heavy atom. The van der Waals surface area contributed by atoms with E-state index < -0.39 is 35.2 Å². The van der Waals surface area contributed by atoms with Crippen molar-refractivity contribution in [2.24, 2.45) is 7.05 Å². The van der Waals surface area contributed by atoms with E-state index in [1.54, 1.807) is 66.8 Å². The number of hydrogen-bond acceptors (Lipinski definition) is 10. The van der Waals surface area contributed by atoms with Gasteiger partial charge in [-0.25, -0.2) is 8.78 Å². The monoisotopic (exact) mass is 1040 g/mol. The van der Waals surface area contributed by atoms with Gasteiger partial charge < -0.3 is 29.2 Å². The number of aromatic nitrogens is 4. The van der Waals surface area contributed by atoms with Gasteiger partial charge in [-0.15, -0.1) is 0 Å². The van der Waals surface area contributed by atoms with Gasteiger partial charge in [0, 0.05) is 105 Å². The Morgan fingerprint density at radius 2 is 1.62 bits per heavy atom. The smallest absolute Gasteiger partial charge is 0.371 e. The second-order valence-electron chi connectivity index (χ2n) is 20.2. The summed E-state index contributed by atoms with van der Waals surface area (Å²) in [5.41, 5.74) is 3.19. The van der Waals surface area contributed by atoms with Gasteiger partial charge >= 0.3 is 6.18 Å². The molecule has 3 amide bonds. The summed E-state index contributed by atoms with van der Waals surface area (Å²) in [6, 6.07) is 15.6. The van der Waals surface area contributed by atoms with Crippen molar-refractivity contribution in [2.75, 3.05) is 65.5 Å². The zero-order chi connectivity index (χ0) is 52.4. The van der Waals surface area contributed by atoms with Crippen LogP contribution in [0, 0.1) is 11.3 Å². The van der Waals surface area contributed by atoms with Crippen molar-refractivity contribution in [3.63, 3.8) is 0 Å². The second-order valence-corrected chi connectivity index (χ2v) is 20.6. The molecule has 3 saturated heterocycles. The van der Waals surface area contributed by atoms with Crippen molar-refractivity contribution >= 4 is 63.6 Å². The molecule has 74 heavy (non-hydrogen) atoms. The molecule has 21 heteroatoms. The van der Waals surface area contributed by atoms with Gasteiger partial charge in [-0.3, -0.25) is 28.6 Å². The van der Waals surface area contributed by atoms with Gasteiger partial charge in [0.15, 0.2) is 10.9 Å². The van der Waals surface area contributed by atoms with Crippen LogP contribution in [0.3, 0.4) is 0 Å². The quantitative estimate of drug-likeness (QED) is 0.0980. The predicted molar refractivity (Wildman–Crippen MR) is 271 cm³/mol. The van der Waals surface area contributed by atoms with Crippen molar-refractivity contribution in [3.8, 4) is 17.2 Å². The number of carbonyl (C=O) groups is 3. The number of likely N-dealkylation sites (tertiary alicyclic amines) is 1. The molecule has 2 aromatic heterocycles. The topological polar surface area (TPSA) is 139 Å². The highest BCUT2D eigenvalue weighted by Crippen LogP contribution is 2.45. The highest BCUT2D eigenvalue weighted by Gasteiger charge is 2.51. The first kappa shape index (κ1) is 50.6. The van der Waals surface area contributed by atoms with Crippen LogP contribution in [0.1, 0.15) is 98.9 Å². The lowest BCUT2D eigenvalue weighted by atomic mass is 9.92. The molecule has 3 fully saturated rings. The predicted octanol–water partition coefficient (Wildman–Crippen LogP) is 8.87. The van der Waals surface area contributed by atoms with Crippen LogP contribution in [0.5, 0.6) is 0 Å². The number of aryl methyl sites for hydroxylation is 2. The number of carbonyl (C=O) groups excluding carboxylic acids is 3. The summed E-state index contributed by atoms with van der Waals surface area (Å²) >= 11 is 5.71. The molecular formula is C53H56F5N11O4S. The summed E-state index contributed by atoms with van der Waals surface area (Å²) in [6.45, 7) is 8.74. The molecule has 0 saturated carbocycles. The van der Waals surface area contributed by atoms with Gasteiger partial charge in [0.2, 0.25) is 11.8 Å². The number of halogens is 5. The molecule has 5 aliphatic rings. The Morgan fingerprint density at radius 1 is 0.919 bits per heavy atom. The number of rotatable bonds is 10. The summed E-state index contributed by atoms with van der Waals surface area (Å²) in [4.78, 5) is 50.6. The third kappa shape index (κ3) is 9.35. The van der Waals surface area contributed by atoms with Crippen LogP contribution in [0.25, 0.3) is 11.1 Å². The molecule has 0 N–H and O–H groups in total. The Bertz CT molecular complexity index is 3060. The highest BCUT2D eigenvalue weighted by atomic mass is 32.1. The SMILES string of the molecule is CC(=O)N1CCc2c(c(N3CCCc4cc(-c5cnn(C)c5)c(C(F)F)cc43)nn2C2CCN(C(=O)COC3CCN(c4ccc(N5C(=S)N(c6ccc(C#N)c(C(F)(F)F)c6)C(=O)C5(C)C)cc4)CC3)CC2)C1. The lowest BCUT2D eigenvalue weighted by molar-refractivity contribution is -0.140. The van der Waals surface area contributed by atoms with E-state index in [0.29, 0.717) is 106 Å². The molecule has 0 spiro atoms. The van der Waals surface area contributed by atoms with Crippen molar-refractivity contribution in [3.05, 3.63) is 101 Å². The van der Waals surface area contributed by atoms with Crippen molar-refractivity contribution in [1.82, 2.24) is 29.4 Å². The van der Waals surface area contributed by atoms with E-state index in [-0.39, 0.29) is 46.9 Å². The number of fused-ring (bicyclic) bond motifs is 2. The lowest BCUT2D eigenvalue weighted by Gasteiger charge is -2.35. The van der Waals surface area contributed by atoms with E-state index in [9.17, 15) is 41.6 Å². The summed E-state index contributed by atoms with van der Waals surface area (Å²) in [5, 5.41) is 18.8. The molecule has 15 nitrogen and oxygen atoms in total. The van der Waals surface area contributed by atoms with Gasteiger partial charge in [-0.05, 0) is 130 Å². The maximum Gasteiger partial charge on any atom is 0.417 e. The normalized spacial score (nSPS) is 18.6. The van der Waals surface area contributed by atoms with Crippen LogP contribution in [0.4, 0.5) is 50.5 Å². The van der Waals surface area contributed by atoms with Gasteiger partial charge in [-0.2, -0.15) is 28.6 Å². The number of ether oxygens (including phenoxy) is 1. The number of nitrogens with zero attached hydrogens (tertiary/aromatic N) is 11. The van der Waals surface area contributed by atoms with Crippen LogP contribution >= 0.6 is 12.2 Å². The van der Waals surface area contributed by atoms with E-state index in [1.807, 2.05) is 35.2 Å². The minimum Gasteiger partial charge on any atom is -0.371 e. The van der Waals surface area contributed by atoms with E-state index in [1.165, 1.54) is 6.07 Å². The molecule has 0 bridgehead atoms. The molecular weight excluding hydrogens is 982 g/mol. The molecule has 7 heterocycles. The summed E-state index contributed by atoms with van der Waals surface area (Å²) in [6.07, 6.45) is 0.583. The number of piperidine rings is 2. The Balaban J connectivity index is 0.753. The lowest BCUT2D eigenvalue weighted by Crippen LogP contribution is -2.44. The third-order valence-electron chi connectivity index (χ3n) is 15.3. The molecule has 3 aromatic carbocycles. The van der Waals surface area contributed by atoms with Crippen LogP contribution in [0.15, 0.2) is 67.0 Å². The van der Waals surface area contributed by atoms with Crippen LogP contribution in [-0.4, -0.2) is 110 Å². The third-order valence-corrected chi connectivity index (χ3v) is 15.6. The standard InChI is InChI=1S/C53H56F5N11O4S/c1-32(70)65-23-17-45-43(30-65)49(66-18-5-6-33-24-41(35-28-60-62(4)29-35)42(48(54)55)26-46(33)66)61-69(45)38-13-19-64(20-14-38)47(71)31-73-40-15-21-63(22-16-40)36-9-11-37(12-10-36)68-51(74)67(50(72)52(68,2)3)39-8-7-34(27-59)44(25-39)53(56,57)58/h7-12,24-26,28-29,38,40,48H,5-6,13-23,30-31H2,1-4H3. The molecule has 5 aliphatic heterocycles. The van der Waals surface area contributed by atoms with E-state index >= 15 is 0 Å². The Kier molecular flexibility index (Phi) is 13.5. The fraction of sp³-hybridized carbons (Fsp3) is 0.453. The summed E-state index contributed by atoms with van der Waals surface area (Å²) < 4.78 is 80.9. The first-order valence-corrected chi connectivity index (χ1v) is 25.3. The number of alkyl halides is 5. The fourth-order valence-corrected chi connectivity index (χ4v) is 11.8. The molecule has 10 rings (SSSR count). The van der Waals surface area contributed by atoms with Gasteiger partial charge in [0.05, 0.1) is 47.8 Å². The first-order valence-electron chi connectivity index (χ1n) is 24.9. The number of amides is 3. The fourth-order valence-electron chi connectivity index (χ4n) is 11.3. The molecule has 0 atom stereocenters. The van der Waals surface area contributed by atoms with Crippen molar-refractivity contribution in [2.45, 2.75) is 103 Å². The average Bonchev–Trinajstić information content (AvgIpc) is 4.06. The van der Waals surface area contributed by atoms with Crippen molar-refractivity contribution < 1.29 is 41.1 Å². The molecule has 0 unspecified atom stereocenters. The number of thiocarbonyl (C=S) groups is 1. The zero-order valence-electron chi connectivity index (χ0n) is 41.5. The van der Waals surface area contributed by atoms with Gasteiger partial charge in [-0.1, -0.05) is 0 Å². The number of benzene rings is 3. The minimum absolute atomic E-state index is 0.00159. The molecule has 0 radical (unpaired) electrons. The van der Waals surface area contributed by atoms with Gasteiger partial charge in [0.25, 0.3) is 12.3 Å². The largest absolute Gasteiger partial charge is 0.417 e. The molecule has 5 aromatic rings. The number of anilines is 5. The highest BCUT2D eigenvalue weighted by molar-refractivity contribution is 7.81. The zero-order valence-corrected chi connectivity index (χ0v) is 42.4. The van der Waals surface area contributed by atoms with Crippen LogP contribution in [-0.2, 0) is 51.7 Å². The van der Waals surface area contributed by atoms with Crippen LogP contribution in [0.2, 0.25) is 0 Å². The Hall–Kier alpha value is -6.92. The number of nitriles is 1. The first-order chi connectivity index (χ1) is 35.3. The molecule has 0 aliphatic carbocycles. The van der Waals surface area contributed by atoms with Gasteiger partial charge in [0.1, 0.15) is 12.1 Å². The summed E-state index contributed by atoms with van der Waals surface area (Å²) in [5.74, 6) is 0.0694. The Labute approximate surface area is 430 Å². The number of hydrogen-bond donors (Lipinski definition) is 0. The maximum absolute atomic E-state index is 14.8. The van der Waals surface area contributed by atoms with E-state index in [0.717, 1.165) is 52.4 Å². The second kappa shape index (κ2) is 19.7. The van der Waals surface area contributed by atoms with Crippen LogP contribution < -0.4 is 19.6 Å². The van der Waals surface area contributed by atoms with E-state index in [2.05, 4.69) is 19.6 Å². The average molecular weight is 1040 g/mol. The maximum atomic E-state index is 14.8. The van der Waals surface area contributed by atoms with E-state index in [4.69, 9.17) is 22.1 Å².